The topological polar surface area (TPSA) is 62.3 Å². The fourth-order valence-corrected chi connectivity index (χ4v) is 4.47. The van der Waals surface area contributed by atoms with Gasteiger partial charge in [-0.2, -0.15) is 0 Å². The quantitative estimate of drug-likeness (QED) is 0.447. The SMILES string of the molecule is CCCCNC(=O)CCC(=O)N(CCCC)Sc1nc2ccccc2s1. The van der Waals surface area contributed by atoms with Crippen LogP contribution in [0.4, 0.5) is 0 Å². The van der Waals surface area contributed by atoms with Crippen LogP contribution in [0.2, 0.25) is 0 Å². The number of para-hydroxylation sites is 1. The van der Waals surface area contributed by atoms with Crippen molar-refractivity contribution in [2.24, 2.45) is 0 Å². The Kier molecular flexibility index (Phi) is 8.91. The van der Waals surface area contributed by atoms with E-state index in [-0.39, 0.29) is 24.7 Å². The lowest BCUT2D eigenvalue weighted by Gasteiger charge is -2.19. The summed E-state index contributed by atoms with van der Waals surface area (Å²) in [5, 5.41) is 2.86. The zero-order valence-corrected chi connectivity index (χ0v) is 17.1. The molecule has 26 heavy (non-hydrogen) atoms. The van der Waals surface area contributed by atoms with Crippen LogP contribution in [0.3, 0.4) is 0 Å². The Hall–Kier alpha value is -1.60. The summed E-state index contributed by atoms with van der Waals surface area (Å²) in [5.41, 5.74) is 0.957. The second-order valence-corrected chi connectivity index (χ2v) is 8.39. The summed E-state index contributed by atoms with van der Waals surface area (Å²) in [5.74, 6) is -0.0550. The second kappa shape index (κ2) is 11.2. The Balaban J connectivity index is 1.92. The van der Waals surface area contributed by atoms with Gasteiger partial charge in [0.15, 0.2) is 4.34 Å². The first-order valence-corrected chi connectivity index (χ1v) is 10.8. The number of nitrogens with one attached hydrogen (secondary N) is 1. The number of benzene rings is 1. The molecule has 142 valence electrons. The first-order valence-electron chi connectivity index (χ1n) is 9.24. The molecule has 2 amide bonds. The first-order chi connectivity index (χ1) is 12.6. The number of fused-ring (bicyclic) bond motifs is 1. The van der Waals surface area contributed by atoms with E-state index in [4.69, 9.17) is 0 Å². The minimum absolute atomic E-state index is 0.00616. The van der Waals surface area contributed by atoms with Gasteiger partial charge in [-0.1, -0.05) is 38.8 Å². The van der Waals surface area contributed by atoms with Crippen LogP contribution < -0.4 is 5.32 Å². The lowest BCUT2D eigenvalue weighted by atomic mass is 10.2. The van der Waals surface area contributed by atoms with E-state index in [9.17, 15) is 9.59 Å². The number of hydrogen-bond acceptors (Lipinski definition) is 5. The molecule has 2 aromatic rings. The van der Waals surface area contributed by atoms with Gasteiger partial charge in [0, 0.05) is 37.9 Å². The summed E-state index contributed by atoms with van der Waals surface area (Å²) < 4.78 is 3.75. The van der Waals surface area contributed by atoms with Crippen LogP contribution >= 0.6 is 23.3 Å². The molecule has 0 radical (unpaired) electrons. The summed E-state index contributed by atoms with van der Waals surface area (Å²) in [7, 11) is 0. The van der Waals surface area contributed by atoms with Crippen molar-refractivity contribution in [1.82, 2.24) is 14.6 Å². The smallest absolute Gasteiger partial charge is 0.233 e. The van der Waals surface area contributed by atoms with Crippen molar-refractivity contribution in [3.63, 3.8) is 0 Å². The molecule has 0 atom stereocenters. The van der Waals surface area contributed by atoms with Gasteiger partial charge in [-0.15, -0.1) is 11.3 Å². The lowest BCUT2D eigenvalue weighted by molar-refractivity contribution is -0.129. The monoisotopic (exact) mass is 393 g/mol. The standard InChI is InChI=1S/C19H27N3O2S2/c1-3-5-13-20-17(23)11-12-18(24)22(14-6-4-2)26-19-21-15-9-7-8-10-16(15)25-19/h7-10H,3-6,11-14H2,1-2H3,(H,20,23). The highest BCUT2D eigenvalue weighted by molar-refractivity contribution is 7.99. The molecule has 1 N–H and O–H groups in total. The van der Waals surface area contributed by atoms with Crippen molar-refractivity contribution in [1.29, 1.82) is 0 Å². The number of aromatic nitrogens is 1. The van der Waals surface area contributed by atoms with Crippen molar-refractivity contribution in [3.05, 3.63) is 24.3 Å². The van der Waals surface area contributed by atoms with Crippen LogP contribution in [0.1, 0.15) is 52.4 Å². The van der Waals surface area contributed by atoms with Crippen molar-refractivity contribution in [3.8, 4) is 0 Å². The van der Waals surface area contributed by atoms with Crippen molar-refractivity contribution in [2.45, 2.75) is 56.7 Å². The number of amides is 2. The highest BCUT2D eigenvalue weighted by Crippen LogP contribution is 2.32. The Labute approximate surface area is 163 Å². The van der Waals surface area contributed by atoms with Crippen LogP contribution in [-0.2, 0) is 9.59 Å². The van der Waals surface area contributed by atoms with Gasteiger partial charge >= 0.3 is 0 Å². The molecule has 1 heterocycles. The molecule has 1 aromatic carbocycles. The summed E-state index contributed by atoms with van der Waals surface area (Å²) in [4.78, 5) is 29.0. The largest absolute Gasteiger partial charge is 0.356 e. The number of carbonyl (C=O) groups is 2. The minimum Gasteiger partial charge on any atom is -0.356 e. The molecule has 2 rings (SSSR count). The van der Waals surface area contributed by atoms with Crippen molar-refractivity contribution in [2.75, 3.05) is 13.1 Å². The molecule has 0 unspecified atom stereocenters. The highest BCUT2D eigenvalue weighted by atomic mass is 32.2. The van der Waals surface area contributed by atoms with Crippen molar-refractivity contribution < 1.29 is 9.59 Å². The maximum atomic E-state index is 12.6. The second-order valence-electron chi connectivity index (χ2n) is 6.09. The fraction of sp³-hybridized carbons (Fsp3) is 0.526. The zero-order valence-electron chi connectivity index (χ0n) is 15.5. The van der Waals surface area contributed by atoms with E-state index >= 15 is 0 Å². The molecule has 0 fully saturated rings. The summed E-state index contributed by atoms with van der Waals surface area (Å²) in [6.07, 6.45) is 4.44. The van der Waals surface area contributed by atoms with Crippen molar-refractivity contribution >= 4 is 45.3 Å². The van der Waals surface area contributed by atoms with Gasteiger partial charge in [0.25, 0.3) is 0 Å². The van der Waals surface area contributed by atoms with Gasteiger partial charge in [-0.25, -0.2) is 4.98 Å². The lowest BCUT2D eigenvalue weighted by Crippen LogP contribution is -2.29. The Bertz CT molecular complexity index is 685. The van der Waals surface area contributed by atoms with Crippen LogP contribution in [0.5, 0.6) is 0 Å². The van der Waals surface area contributed by atoms with E-state index in [1.165, 1.54) is 11.9 Å². The van der Waals surface area contributed by atoms with E-state index in [1.54, 1.807) is 15.6 Å². The zero-order chi connectivity index (χ0) is 18.8. The van der Waals surface area contributed by atoms with E-state index < -0.39 is 0 Å². The number of unbranched alkanes of at least 4 members (excludes halogenated alkanes) is 2. The molecular weight excluding hydrogens is 366 g/mol. The van der Waals surface area contributed by atoms with Crippen LogP contribution in [0.25, 0.3) is 10.2 Å². The van der Waals surface area contributed by atoms with E-state index in [0.717, 1.165) is 40.2 Å². The summed E-state index contributed by atoms with van der Waals surface area (Å²) in [6, 6.07) is 7.98. The number of hydrogen-bond donors (Lipinski definition) is 1. The predicted molar refractivity (Wildman–Crippen MR) is 109 cm³/mol. The Morgan fingerprint density at radius 3 is 2.65 bits per heavy atom. The normalized spacial score (nSPS) is 10.8. The average Bonchev–Trinajstić information content (AvgIpc) is 3.05. The van der Waals surface area contributed by atoms with Gasteiger partial charge in [0.05, 0.1) is 10.2 Å². The average molecular weight is 394 g/mol. The number of nitrogens with zero attached hydrogens (tertiary/aromatic N) is 2. The third-order valence-electron chi connectivity index (χ3n) is 3.87. The van der Waals surface area contributed by atoms with Crippen LogP contribution in [-0.4, -0.2) is 34.2 Å². The third kappa shape index (κ3) is 6.61. The summed E-state index contributed by atoms with van der Waals surface area (Å²) >= 11 is 2.99. The summed E-state index contributed by atoms with van der Waals surface area (Å²) in [6.45, 7) is 5.55. The molecular formula is C19H27N3O2S2. The van der Waals surface area contributed by atoms with Gasteiger partial charge < -0.3 is 5.32 Å². The van der Waals surface area contributed by atoms with Crippen LogP contribution in [0, 0.1) is 0 Å². The molecule has 0 aliphatic heterocycles. The molecule has 0 saturated heterocycles. The molecule has 0 aliphatic carbocycles. The molecule has 1 aromatic heterocycles. The number of thiazole rings is 1. The van der Waals surface area contributed by atoms with Gasteiger partial charge in [0.2, 0.25) is 11.8 Å². The number of rotatable bonds is 11. The maximum Gasteiger partial charge on any atom is 0.233 e. The predicted octanol–water partition coefficient (Wildman–Crippen LogP) is 4.63. The molecule has 0 bridgehead atoms. The molecule has 5 nitrogen and oxygen atoms in total. The van der Waals surface area contributed by atoms with E-state index in [2.05, 4.69) is 24.1 Å². The van der Waals surface area contributed by atoms with Gasteiger partial charge in [-0.05, 0) is 25.0 Å². The van der Waals surface area contributed by atoms with E-state index in [1.807, 2.05) is 24.3 Å². The molecule has 7 heteroatoms. The molecule has 0 saturated carbocycles. The molecule has 0 spiro atoms. The minimum atomic E-state index is -0.0489. The first kappa shape index (κ1) is 20.7. The van der Waals surface area contributed by atoms with Gasteiger partial charge in [-0.3, -0.25) is 13.9 Å². The highest BCUT2D eigenvalue weighted by Gasteiger charge is 2.18. The fourth-order valence-electron chi connectivity index (χ4n) is 2.35. The Morgan fingerprint density at radius 2 is 1.92 bits per heavy atom. The number of carbonyl (C=O) groups excluding carboxylic acids is 2. The Morgan fingerprint density at radius 1 is 1.15 bits per heavy atom. The maximum absolute atomic E-state index is 12.6. The third-order valence-corrected chi connectivity index (χ3v) is 6.03. The molecule has 0 aliphatic rings. The van der Waals surface area contributed by atoms with E-state index in [0.29, 0.717) is 13.1 Å². The van der Waals surface area contributed by atoms with Crippen LogP contribution in [0.15, 0.2) is 28.6 Å². The van der Waals surface area contributed by atoms with Gasteiger partial charge in [0.1, 0.15) is 0 Å².